The van der Waals surface area contributed by atoms with Crippen molar-refractivity contribution in [2.75, 3.05) is 6.61 Å². The lowest BCUT2D eigenvalue weighted by molar-refractivity contribution is -0.248. The SMILES string of the molecule is CCC1OC(OCCCC(P(=O)(OC(C)C)OC(C)C)P(=O)(OC(C)C)OC(C)C)C(C)C(C)C1C.C[Si](C)(C)Br. The third-order valence-corrected chi connectivity index (χ3v) is 13.0. The molecule has 1 fully saturated rings. The molecule has 0 spiro atoms. The molecule has 1 rings (SSSR count). The summed E-state index contributed by atoms with van der Waals surface area (Å²) in [5, 5.41) is -1.07. The normalized spacial score (nSPS) is 24.5. The van der Waals surface area contributed by atoms with E-state index in [-0.39, 0.29) is 24.7 Å². The molecule has 0 bridgehead atoms. The zero-order valence-corrected chi connectivity index (χ0v) is 33.0. The van der Waals surface area contributed by atoms with E-state index in [0.717, 1.165) is 6.42 Å². The van der Waals surface area contributed by atoms with Gasteiger partial charge in [-0.3, -0.25) is 9.13 Å². The lowest BCUT2D eigenvalue weighted by atomic mass is 9.78. The predicted molar refractivity (Wildman–Crippen MR) is 178 cm³/mol. The molecule has 1 aliphatic heterocycles. The van der Waals surface area contributed by atoms with E-state index in [1.54, 1.807) is 55.4 Å². The average molecular weight is 710 g/mol. The fourth-order valence-corrected chi connectivity index (χ4v) is 10.7. The van der Waals surface area contributed by atoms with Gasteiger partial charge in [0.1, 0.15) is 6.69 Å². The molecule has 41 heavy (non-hydrogen) atoms. The lowest BCUT2D eigenvalue weighted by Gasteiger charge is -2.43. The summed E-state index contributed by atoms with van der Waals surface area (Å²) in [6.45, 7) is 29.3. The monoisotopic (exact) mass is 708 g/mol. The molecular weight excluding hydrogens is 646 g/mol. The molecule has 1 aliphatic rings. The van der Waals surface area contributed by atoms with Gasteiger partial charge in [0.2, 0.25) is 0 Å². The van der Waals surface area contributed by atoms with Crippen LogP contribution in [0.5, 0.6) is 0 Å². The minimum Gasteiger partial charge on any atom is -0.352 e. The van der Waals surface area contributed by atoms with Gasteiger partial charge in [-0.15, -0.1) is 15.3 Å². The summed E-state index contributed by atoms with van der Waals surface area (Å²) in [4.78, 5) is 0. The summed E-state index contributed by atoms with van der Waals surface area (Å²) in [5.74, 6) is 1.19. The summed E-state index contributed by atoms with van der Waals surface area (Å²) < 4.78 is 64.4. The van der Waals surface area contributed by atoms with Crippen LogP contribution in [0.4, 0.5) is 0 Å². The molecule has 0 aliphatic carbocycles. The van der Waals surface area contributed by atoms with Gasteiger partial charge in [-0.1, -0.05) is 47.3 Å². The second-order valence-corrected chi connectivity index (χ2v) is 29.2. The summed E-state index contributed by atoms with van der Waals surface area (Å²) >= 11 is 3.51. The largest absolute Gasteiger partial charge is 0.352 e. The van der Waals surface area contributed by atoms with E-state index in [9.17, 15) is 9.13 Å². The lowest BCUT2D eigenvalue weighted by Crippen LogP contribution is -2.45. The van der Waals surface area contributed by atoms with E-state index < -0.39 is 51.7 Å². The van der Waals surface area contributed by atoms with Gasteiger partial charge in [-0.05, 0) is 86.5 Å². The molecule has 1 saturated heterocycles. The molecule has 1 heterocycles. The highest BCUT2D eigenvalue weighted by atomic mass is 79.9. The van der Waals surface area contributed by atoms with E-state index in [1.807, 2.05) is 0 Å². The topological polar surface area (TPSA) is 89.5 Å². The minimum absolute atomic E-state index is 0.159. The third-order valence-electron chi connectivity index (χ3n) is 6.44. The Balaban J connectivity index is 0.00000292. The van der Waals surface area contributed by atoms with Crippen molar-refractivity contribution in [2.45, 2.75) is 164 Å². The summed E-state index contributed by atoms with van der Waals surface area (Å²) in [5.41, 5.74) is 0. The molecule has 0 saturated carbocycles. The number of rotatable bonds is 16. The fraction of sp³-hybridized carbons (Fsp3) is 1.00. The standard InChI is InChI=1S/C26H54O8P2.C3H9BrSi/c1-13-24-22(11)21(10)23(12)26(30-24)29-16-14-15-25(35(27,31-17(2)3)32-18(4)5)36(28,33-19(6)7)34-20(8)9;1-5(2,3)4/h17-26H,13-16H2,1-12H3;1-3H3. The number of hydrogen-bond acceptors (Lipinski definition) is 8. The quantitative estimate of drug-likeness (QED) is 0.0677. The molecule has 0 amide bonds. The van der Waals surface area contributed by atoms with Gasteiger partial charge in [-0.25, -0.2) is 0 Å². The third kappa shape index (κ3) is 16.2. The van der Waals surface area contributed by atoms with Gasteiger partial charge < -0.3 is 27.6 Å². The Morgan fingerprint density at radius 1 is 0.732 bits per heavy atom. The van der Waals surface area contributed by atoms with Crippen molar-refractivity contribution in [2.24, 2.45) is 17.8 Å². The minimum atomic E-state index is -3.89. The number of ether oxygens (including phenoxy) is 2. The van der Waals surface area contributed by atoms with Gasteiger partial charge in [0.15, 0.2) is 11.7 Å². The Hall–Kier alpha value is 0.917. The number of hydrogen-bond donors (Lipinski definition) is 0. The smallest absolute Gasteiger partial charge is 0.346 e. The molecule has 248 valence electrons. The first kappa shape index (κ1) is 41.9. The van der Waals surface area contributed by atoms with E-state index in [2.05, 4.69) is 62.6 Å². The molecule has 0 aromatic carbocycles. The Kier molecular flexibility index (Phi) is 19.2. The predicted octanol–water partition coefficient (Wildman–Crippen LogP) is 10.5. The van der Waals surface area contributed by atoms with Crippen LogP contribution in [0.15, 0.2) is 0 Å². The van der Waals surface area contributed by atoms with E-state index in [1.165, 1.54) is 0 Å². The van der Waals surface area contributed by atoms with Crippen LogP contribution >= 0.6 is 30.5 Å². The van der Waals surface area contributed by atoms with Gasteiger partial charge in [0, 0.05) is 12.5 Å². The summed E-state index contributed by atoms with van der Waals surface area (Å²) in [6.07, 6.45) is -0.100. The van der Waals surface area contributed by atoms with Crippen molar-refractivity contribution in [3.8, 4) is 0 Å². The van der Waals surface area contributed by atoms with E-state index >= 15 is 0 Å². The van der Waals surface area contributed by atoms with Crippen molar-refractivity contribution in [3.05, 3.63) is 0 Å². The maximum atomic E-state index is 14.2. The Bertz CT molecular complexity index is 747. The zero-order valence-electron chi connectivity index (χ0n) is 28.6. The van der Waals surface area contributed by atoms with Crippen molar-refractivity contribution in [1.82, 2.24) is 0 Å². The molecular formula is C29H63BrO8P2Si. The Labute approximate surface area is 261 Å². The maximum Gasteiger partial charge on any atom is 0.346 e. The van der Waals surface area contributed by atoms with Crippen LogP contribution in [-0.2, 0) is 36.7 Å². The van der Waals surface area contributed by atoms with Crippen molar-refractivity contribution in [3.63, 3.8) is 0 Å². The molecule has 0 N–H and O–H groups in total. The maximum absolute atomic E-state index is 14.2. The molecule has 12 heteroatoms. The van der Waals surface area contributed by atoms with Crippen molar-refractivity contribution < 1.29 is 36.7 Å². The van der Waals surface area contributed by atoms with Crippen molar-refractivity contribution in [1.29, 1.82) is 0 Å². The molecule has 0 aromatic heterocycles. The molecule has 5 unspecified atom stereocenters. The first-order chi connectivity index (χ1) is 18.6. The first-order valence-electron chi connectivity index (χ1n) is 15.4. The molecule has 8 nitrogen and oxygen atoms in total. The van der Waals surface area contributed by atoms with Crippen molar-refractivity contribution >= 4 is 37.2 Å². The highest BCUT2D eigenvalue weighted by molar-refractivity contribution is 9.26. The first-order valence-corrected chi connectivity index (χ1v) is 24.4. The molecule has 0 radical (unpaired) electrons. The van der Waals surface area contributed by atoms with E-state index in [0.29, 0.717) is 24.9 Å². The number of halogens is 1. The second-order valence-electron chi connectivity index (χ2n) is 13.3. The van der Waals surface area contributed by atoms with Crippen LogP contribution in [0.25, 0.3) is 0 Å². The average Bonchev–Trinajstić information content (AvgIpc) is 2.75. The van der Waals surface area contributed by atoms with Gasteiger partial charge in [0.05, 0.1) is 30.5 Å². The highest BCUT2D eigenvalue weighted by Gasteiger charge is 2.52. The van der Waals surface area contributed by atoms with Crippen LogP contribution in [0.2, 0.25) is 19.6 Å². The van der Waals surface area contributed by atoms with Gasteiger partial charge >= 0.3 is 15.2 Å². The van der Waals surface area contributed by atoms with Crippen LogP contribution in [-0.4, -0.2) is 55.5 Å². The molecule has 5 atom stereocenters. The fourth-order valence-electron chi connectivity index (χ4n) is 4.61. The second kappa shape index (κ2) is 18.8. The van der Waals surface area contributed by atoms with Crippen LogP contribution in [0.1, 0.15) is 102 Å². The zero-order chi connectivity index (χ0) is 32.3. The van der Waals surface area contributed by atoms with Gasteiger partial charge in [-0.2, -0.15) is 0 Å². The highest BCUT2D eigenvalue weighted by Crippen LogP contribution is 2.73. The van der Waals surface area contributed by atoms with E-state index in [4.69, 9.17) is 27.6 Å². The van der Waals surface area contributed by atoms with Gasteiger partial charge in [0.25, 0.3) is 0 Å². The van der Waals surface area contributed by atoms with Crippen LogP contribution in [0, 0.1) is 17.8 Å². The molecule has 0 aromatic rings. The van der Waals surface area contributed by atoms with Crippen LogP contribution < -0.4 is 0 Å². The summed E-state index contributed by atoms with van der Waals surface area (Å²) in [7, 11) is -7.79. The Morgan fingerprint density at radius 2 is 1.10 bits per heavy atom. The van der Waals surface area contributed by atoms with Crippen LogP contribution in [0.3, 0.4) is 0 Å². The Morgan fingerprint density at radius 3 is 1.41 bits per heavy atom. The summed E-state index contributed by atoms with van der Waals surface area (Å²) in [6, 6.07) is 0.